The maximum Gasteiger partial charge on any atom is 0.0195 e. The van der Waals surface area contributed by atoms with Gasteiger partial charge in [-0.05, 0) is 92.1 Å². The first-order valence-corrected chi connectivity index (χ1v) is 9.96. The summed E-state index contributed by atoms with van der Waals surface area (Å²) in [6.45, 7) is 16.3. The van der Waals surface area contributed by atoms with Crippen LogP contribution in [0.5, 0.6) is 0 Å². The fraction of sp³-hybridized carbons (Fsp3) is 0.739. The third kappa shape index (κ3) is 1.66. The first-order chi connectivity index (χ1) is 11.2. The molecule has 0 N–H and O–H groups in total. The standard InChI is InChI=1S/C23H35N/c1-15-8-9-18-14-19-22(6)11-10-16(2)21(4,5)23(22,12-13-24(19)7)20(18)17(15)3/h8-9,16,19H,10-14H2,1-7H3/t16-,19+,22?,23-/m0/s1. The van der Waals surface area contributed by atoms with Gasteiger partial charge in [-0.3, -0.25) is 0 Å². The van der Waals surface area contributed by atoms with Crippen LogP contribution in [0.15, 0.2) is 12.1 Å². The number of nitrogens with zero attached hydrogens (tertiary/aromatic N) is 1. The number of hydrogen-bond acceptors (Lipinski definition) is 1. The van der Waals surface area contributed by atoms with Gasteiger partial charge in [0.25, 0.3) is 0 Å². The lowest BCUT2D eigenvalue weighted by molar-refractivity contribution is -0.154. The second-order valence-electron chi connectivity index (χ2n) is 9.98. The molecule has 2 aliphatic carbocycles. The molecule has 0 aromatic heterocycles. The molecule has 132 valence electrons. The van der Waals surface area contributed by atoms with Crippen LogP contribution in [-0.4, -0.2) is 24.5 Å². The fourth-order valence-electron chi connectivity index (χ4n) is 7.25. The largest absolute Gasteiger partial charge is 0.302 e. The van der Waals surface area contributed by atoms with E-state index in [1.165, 1.54) is 37.8 Å². The molecule has 1 heteroatoms. The van der Waals surface area contributed by atoms with Gasteiger partial charge in [0.05, 0.1) is 0 Å². The van der Waals surface area contributed by atoms with Crippen LogP contribution in [0, 0.1) is 30.6 Å². The van der Waals surface area contributed by atoms with E-state index < -0.39 is 0 Å². The van der Waals surface area contributed by atoms with Gasteiger partial charge in [-0.15, -0.1) is 0 Å². The van der Waals surface area contributed by atoms with Crippen molar-refractivity contribution in [1.82, 2.24) is 4.90 Å². The molecule has 1 heterocycles. The molecule has 1 saturated carbocycles. The predicted octanol–water partition coefficient (Wildman–Crippen LogP) is 5.26. The van der Waals surface area contributed by atoms with Crippen molar-refractivity contribution in [3.8, 4) is 0 Å². The Balaban J connectivity index is 2.10. The lowest BCUT2D eigenvalue weighted by Gasteiger charge is -2.72. The Labute approximate surface area is 148 Å². The van der Waals surface area contributed by atoms with Crippen molar-refractivity contribution < 1.29 is 0 Å². The molecule has 3 aliphatic rings. The highest BCUT2D eigenvalue weighted by Crippen LogP contribution is 2.70. The van der Waals surface area contributed by atoms with E-state index in [4.69, 9.17) is 0 Å². The average molecular weight is 326 g/mol. The van der Waals surface area contributed by atoms with E-state index in [1.807, 2.05) is 0 Å². The van der Waals surface area contributed by atoms with Crippen LogP contribution in [0.25, 0.3) is 0 Å². The number of hydrogen-bond donors (Lipinski definition) is 0. The molecular weight excluding hydrogens is 290 g/mol. The Kier molecular flexibility index (Phi) is 3.38. The van der Waals surface area contributed by atoms with E-state index in [1.54, 1.807) is 16.7 Å². The lowest BCUT2D eigenvalue weighted by atomic mass is 9.35. The summed E-state index contributed by atoms with van der Waals surface area (Å²) in [5.41, 5.74) is 7.56. The summed E-state index contributed by atoms with van der Waals surface area (Å²) < 4.78 is 0. The van der Waals surface area contributed by atoms with Crippen LogP contribution in [0.4, 0.5) is 0 Å². The Morgan fingerprint density at radius 3 is 2.50 bits per heavy atom. The zero-order valence-corrected chi connectivity index (χ0v) is 16.8. The van der Waals surface area contributed by atoms with Crippen LogP contribution < -0.4 is 0 Å². The Morgan fingerprint density at radius 1 is 1.08 bits per heavy atom. The van der Waals surface area contributed by atoms with Crippen molar-refractivity contribution in [2.75, 3.05) is 13.6 Å². The number of benzene rings is 1. The van der Waals surface area contributed by atoms with Crippen LogP contribution in [-0.2, 0) is 11.8 Å². The van der Waals surface area contributed by atoms with Gasteiger partial charge >= 0.3 is 0 Å². The van der Waals surface area contributed by atoms with Crippen molar-refractivity contribution in [3.05, 3.63) is 34.4 Å². The molecule has 2 bridgehead atoms. The van der Waals surface area contributed by atoms with Gasteiger partial charge in [0.2, 0.25) is 0 Å². The molecule has 4 atom stereocenters. The molecule has 0 radical (unpaired) electrons. The topological polar surface area (TPSA) is 3.24 Å². The zero-order valence-electron chi connectivity index (χ0n) is 16.8. The van der Waals surface area contributed by atoms with Crippen LogP contribution in [0.2, 0.25) is 0 Å². The zero-order chi connectivity index (χ0) is 17.5. The molecule has 1 aromatic rings. The summed E-state index contributed by atoms with van der Waals surface area (Å²) in [4.78, 5) is 2.68. The van der Waals surface area contributed by atoms with Crippen LogP contribution in [0.1, 0.15) is 69.2 Å². The highest BCUT2D eigenvalue weighted by molar-refractivity contribution is 5.52. The predicted molar refractivity (Wildman–Crippen MR) is 103 cm³/mol. The summed E-state index contributed by atoms with van der Waals surface area (Å²) in [5, 5.41) is 0. The maximum atomic E-state index is 2.68. The number of rotatable bonds is 0. The molecule has 24 heavy (non-hydrogen) atoms. The quantitative estimate of drug-likeness (QED) is 0.628. The van der Waals surface area contributed by atoms with Gasteiger partial charge in [0.1, 0.15) is 0 Å². The minimum Gasteiger partial charge on any atom is -0.302 e. The van der Waals surface area contributed by atoms with Gasteiger partial charge in [0.15, 0.2) is 0 Å². The highest BCUT2D eigenvalue weighted by atomic mass is 15.2. The maximum absolute atomic E-state index is 2.68. The third-order valence-electron chi connectivity index (χ3n) is 9.17. The van der Waals surface area contributed by atoms with E-state index >= 15 is 0 Å². The second kappa shape index (κ2) is 4.87. The molecular formula is C23H35N. The van der Waals surface area contributed by atoms with Crippen molar-refractivity contribution in [2.45, 2.75) is 78.7 Å². The van der Waals surface area contributed by atoms with Crippen molar-refractivity contribution in [1.29, 1.82) is 0 Å². The molecule has 2 fully saturated rings. The third-order valence-corrected chi connectivity index (χ3v) is 9.17. The Morgan fingerprint density at radius 2 is 1.79 bits per heavy atom. The van der Waals surface area contributed by atoms with Crippen molar-refractivity contribution >= 4 is 0 Å². The number of likely N-dealkylation sites (N-methyl/N-ethyl adjacent to an activating group) is 1. The van der Waals surface area contributed by atoms with E-state index in [9.17, 15) is 0 Å². The SMILES string of the molecule is Cc1ccc2c(c1C)[C@]13CCN(C)[C@H](C2)C1(C)CC[C@H](C)C3(C)C. The first-order valence-electron chi connectivity index (χ1n) is 9.96. The molecule has 1 saturated heterocycles. The molecule has 1 aliphatic heterocycles. The molecule has 1 nitrogen and oxygen atoms in total. The van der Waals surface area contributed by atoms with Crippen LogP contribution in [0.3, 0.4) is 0 Å². The molecule has 0 amide bonds. The minimum atomic E-state index is 0.332. The van der Waals surface area contributed by atoms with E-state index in [-0.39, 0.29) is 0 Å². The minimum absolute atomic E-state index is 0.332. The summed E-state index contributed by atoms with van der Waals surface area (Å²) in [7, 11) is 2.37. The average Bonchev–Trinajstić information content (AvgIpc) is 2.51. The van der Waals surface area contributed by atoms with Gasteiger partial charge in [0, 0.05) is 11.5 Å². The monoisotopic (exact) mass is 325 g/mol. The number of likely N-dealkylation sites (tertiary alicyclic amines) is 1. The van der Waals surface area contributed by atoms with E-state index in [0.29, 0.717) is 22.3 Å². The number of piperidine rings is 1. The number of fused-ring (bicyclic) bond motifs is 1. The molecule has 1 unspecified atom stereocenters. The number of aryl methyl sites for hydroxylation is 1. The lowest BCUT2D eigenvalue weighted by Crippen LogP contribution is -2.72. The summed E-state index contributed by atoms with van der Waals surface area (Å²) >= 11 is 0. The Bertz CT molecular complexity index is 688. The summed E-state index contributed by atoms with van der Waals surface area (Å²) in [6.07, 6.45) is 5.34. The van der Waals surface area contributed by atoms with Gasteiger partial charge in [-0.2, -0.15) is 0 Å². The summed E-state index contributed by atoms with van der Waals surface area (Å²) in [6, 6.07) is 5.52. The van der Waals surface area contributed by atoms with Crippen LogP contribution >= 0.6 is 0 Å². The molecule has 0 spiro atoms. The smallest absolute Gasteiger partial charge is 0.0195 e. The Hall–Kier alpha value is -0.820. The first kappa shape index (κ1) is 16.6. The van der Waals surface area contributed by atoms with Crippen molar-refractivity contribution in [2.24, 2.45) is 16.7 Å². The van der Waals surface area contributed by atoms with Gasteiger partial charge < -0.3 is 4.90 Å². The van der Waals surface area contributed by atoms with Gasteiger partial charge in [-0.25, -0.2) is 0 Å². The molecule has 1 aromatic carbocycles. The summed E-state index contributed by atoms with van der Waals surface area (Å²) in [5.74, 6) is 0.792. The van der Waals surface area contributed by atoms with E-state index in [2.05, 4.69) is 65.6 Å². The second-order valence-corrected chi connectivity index (χ2v) is 9.98. The van der Waals surface area contributed by atoms with Gasteiger partial charge in [-0.1, -0.05) is 39.8 Å². The fourth-order valence-corrected chi connectivity index (χ4v) is 7.25. The highest BCUT2D eigenvalue weighted by Gasteiger charge is 2.68. The van der Waals surface area contributed by atoms with Crippen molar-refractivity contribution in [3.63, 3.8) is 0 Å². The van der Waals surface area contributed by atoms with E-state index in [0.717, 1.165) is 5.92 Å². The molecule has 4 rings (SSSR count). The normalized spacial score (nSPS) is 40.8.